The third-order valence-electron chi connectivity index (χ3n) is 8.13. The molecule has 4 atom stereocenters. The van der Waals surface area contributed by atoms with Gasteiger partial charge in [-0.15, -0.1) is 22.7 Å². The Morgan fingerprint density at radius 2 is 1.56 bits per heavy atom. The number of urea groups is 1. The highest BCUT2D eigenvalue weighted by molar-refractivity contribution is 7.09. The average Bonchev–Trinajstić information content (AvgIpc) is 3.79. The number of hydrogen-bond acceptors (Lipinski definition) is 9. The van der Waals surface area contributed by atoms with Crippen molar-refractivity contribution in [2.75, 3.05) is 7.05 Å². The molecule has 11 nitrogen and oxygen atoms in total. The van der Waals surface area contributed by atoms with E-state index in [0.29, 0.717) is 25.3 Å². The van der Waals surface area contributed by atoms with E-state index < -0.39 is 30.3 Å². The molecule has 0 saturated heterocycles. The minimum atomic E-state index is -1.05. The summed E-state index contributed by atoms with van der Waals surface area (Å²) in [6, 6.07) is 16.8. The second-order valence-electron chi connectivity index (χ2n) is 13.0. The summed E-state index contributed by atoms with van der Waals surface area (Å²) in [5, 5.41) is 23.5. The van der Waals surface area contributed by atoms with Crippen molar-refractivity contribution < 1.29 is 24.2 Å². The molecule has 0 radical (unpaired) electrons. The molecular formula is C37H48N6O5S2. The Morgan fingerprint density at radius 1 is 0.900 bits per heavy atom. The fourth-order valence-corrected chi connectivity index (χ4v) is 6.72. The van der Waals surface area contributed by atoms with Crippen LogP contribution in [-0.4, -0.2) is 69.3 Å². The molecule has 0 saturated carbocycles. The van der Waals surface area contributed by atoms with Crippen molar-refractivity contribution in [1.82, 2.24) is 30.8 Å². The van der Waals surface area contributed by atoms with E-state index in [2.05, 4.69) is 39.8 Å². The lowest BCUT2D eigenvalue weighted by atomic mass is 9.93. The highest BCUT2D eigenvalue weighted by Crippen LogP contribution is 2.20. The number of nitrogens with one attached hydrogen (secondary N) is 3. The van der Waals surface area contributed by atoms with E-state index in [1.165, 1.54) is 16.2 Å². The quantitative estimate of drug-likeness (QED) is 0.106. The molecule has 4 N–H and O–H groups in total. The van der Waals surface area contributed by atoms with Gasteiger partial charge < -0.3 is 30.7 Å². The van der Waals surface area contributed by atoms with Gasteiger partial charge in [-0.05, 0) is 36.3 Å². The van der Waals surface area contributed by atoms with E-state index in [0.717, 1.165) is 26.7 Å². The Balaban J connectivity index is 1.46. The molecular weight excluding hydrogens is 673 g/mol. The van der Waals surface area contributed by atoms with E-state index in [-0.39, 0.29) is 30.9 Å². The zero-order valence-corrected chi connectivity index (χ0v) is 30.9. The van der Waals surface area contributed by atoms with E-state index in [9.17, 15) is 19.5 Å². The lowest BCUT2D eigenvalue weighted by Gasteiger charge is -2.30. The molecule has 4 aromatic rings. The smallest absolute Gasteiger partial charge is 0.407 e. The maximum atomic E-state index is 13.9. The molecule has 0 aliphatic carbocycles. The highest BCUT2D eigenvalue weighted by Gasteiger charge is 2.31. The summed E-state index contributed by atoms with van der Waals surface area (Å²) in [4.78, 5) is 51.0. The van der Waals surface area contributed by atoms with Gasteiger partial charge in [-0.2, -0.15) is 0 Å². The number of carbonyl (C=O) groups is 3. The van der Waals surface area contributed by atoms with Gasteiger partial charge in [0.1, 0.15) is 12.6 Å². The molecule has 4 amide bonds. The number of ether oxygens (including phenoxy) is 1. The van der Waals surface area contributed by atoms with Crippen LogP contribution in [0.3, 0.4) is 0 Å². The van der Waals surface area contributed by atoms with Gasteiger partial charge in [0.15, 0.2) is 0 Å². The highest BCUT2D eigenvalue weighted by atomic mass is 32.1. The second kappa shape index (κ2) is 19.2. The average molecular weight is 721 g/mol. The molecule has 13 heteroatoms. The maximum absolute atomic E-state index is 13.9. The van der Waals surface area contributed by atoms with Gasteiger partial charge in [0, 0.05) is 30.6 Å². The first kappa shape index (κ1) is 38.5. The summed E-state index contributed by atoms with van der Waals surface area (Å²) < 4.78 is 5.42. The summed E-state index contributed by atoms with van der Waals surface area (Å²) in [5.41, 5.74) is 4.35. The molecule has 0 bridgehead atoms. The Morgan fingerprint density at radius 3 is 2.14 bits per heavy atom. The first-order valence-corrected chi connectivity index (χ1v) is 18.6. The van der Waals surface area contributed by atoms with Crippen LogP contribution in [0.1, 0.15) is 66.7 Å². The van der Waals surface area contributed by atoms with Crippen LogP contribution in [0, 0.1) is 5.92 Å². The van der Waals surface area contributed by atoms with Crippen LogP contribution in [0.2, 0.25) is 0 Å². The third kappa shape index (κ3) is 12.2. The number of benzene rings is 2. The lowest BCUT2D eigenvalue weighted by molar-refractivity contribution is -0.124. The summed E-state index contributed by atoms with van der Waals surface area (Å²) in [6.45, 7) is 8.28. The van der Waals surface area contributed by atoms with E-state index >= 15 is 0 Å². The SMILES string of the molecule is CC(C)c1nc(CN(C)C(=O)N[C@H](C(=O)N[C@@H](Cc2ccccc2)C[C@@H](O)[C@H](Cc2ccccc2)NC(=O)OCc2cncs2)C(C)C)cs1. The van der Waals surface area contributed by atoms with Crippen molar-refractivity contribution in [3.05, 3.63) is 104 Å². The minimum Gasteiger partial charge on any atom is -0.444 e. The van der Waals surface area contributed by atoms with Crippen LogP contribution >= 0.6 is 22.7 Å². The number of aromatic nitrogens is 2. The number of alkyl carbamates (subject to hydrolysis) is 1. The molecule has 0 unspecified atom stereocenters. The molecule has 0 fully saturated rings. The van der Waals surface area contributed by atoms with Gasteiger partial charge in [0.2, 0.25) is 5.91 Å². The fraction of sp³-hybridized carbons (Fsp3) is 0.432. The minimum absolute atomic E-state index is 0.0671. The number of amides is 4. The van der Waals surface area contributed by atoms with Gasteiger partial charge >= 0.3 is 12.1 Å². The number of hydrogen-bond donors (Lipinski definition) is 4. The molecule has 2 aromatic heterocycles. The standard InChI is InChI=1S/C37H48N6O5S2/c1-24(2)33(42-36(46)43(5)20-29-22-49-35(40-29)25(3)4)34(45)39-28(16-26-12-8-6-9-13-26)18-32(44)31(17-27-14-10-7-11-15-27)41-37(47)48-21-30-19-38-23-50-30/h6-15,19,22-25,28,31-33,44H,16-18,20-21H2,1-5H3,(H,39,45)(H,41,47)(H,42,46)/t28-,31-,32+,33-/m0/s1. The second-order valence-corrected chi connectivity index (χ2v) is 14.9. The third-order valence-corrected chi connectivity index (χ3v) is 10.1. The Bertz CT molecular complexity index is 1620. The zero-order chi connectivity index (χ0) is 36.0. The molecule has 4 rings (SSSR count). The van der Waals surface area contributed by atoms with Gasteiger partial charge in [-0.25, -0.2) is 14.6 Å². The Labute approximate surface area is 302 Å². The van der Waals surface area contributed by atoms with Crippen LogP contribution < -0.4 is 16.0 Å². The summed E-state index contributed by atoms with van der Waals surface area (Å²) in [5.74, 6) is -0.277. The maximum Gasteiger partial charge on any atom is 0.407 e. The van der Waals surface area contributed by atoms with Crippen molar-refractivity contribution in [3.63, 3.8) is 0 Å². The summed E-state index contributed by atoms with van der Waals surface area (Å²) in [6.07, 6.45) is 0.836. The fourth-order valence-electron chi connectivity index (χ4n) is 5.39. The largest absolute Gasteiger partial charge is 0.444 e. The molecule has 50 heavy (non-hydrogen) atoms. The van der Waals surface area contributed by atoms with Crippen molar-refractivity contribution in [1.29, 1.82) is 0 Å². The van der Waals surface area contributed by atoms with Crippen LogP contribution in [0.15, 0.2) is 77.8 Å². The Hall–Kier alpha value is -4.33. The van der Waals surface area contributed by atoms with Gasteiger partial charge in [0.05, 0.1) is 39.8 Å². The van der Waals surface area contributed by atoms with E-state index in [1.54, 1.807) is 30.1 Å². The molecule has 268 valence electrons. The van der Waals surface area contributed by atoms with Crippen molar-refractivity contribution >= 4 is 40.7 Å². The monoisotopic (exact) mass is 720 g/mol. The van der Waals surface area contributed by atoms with Crippen molar-refractivity contribution in [3.8, 4) is 0 Å². The van der Waals surface area contributed by atoms with Crippen molar-refractivity contribution in [2.45, 2.75) is 90.3 Å². The molecule has 0 aliphatic rings. The molecule has 2 aromatic carbocycles. The number of aliphatic hydroxyl groups excluding tert-OH is 1. The van der Waals surface area contributed by atoms with Gasteiger partial charge in [-0.1, -0.05) is 88.4 Å². The number of thiazole rings is 2. The first-order chi connectivity index (χ1) is 24.0. The number of rotatable bonds is 17. The number of aliphatic hydroxyl groups is 1. The molecule has 0 spiro atoms. The zero-order valence-electron chi connectivity index (χ0n) is 29.2. The van der Waals surface area contributed by atoms with E-state index in [1.807, 2.05) is 79.9 Å². The van der Waals surface area contributed by atoms with Crippen LogP contribution in [-0.2, 0) is 35.5 Å². The van der Waals surface area contributed by atoms with Crippen LogP contribution in [0.25, 0.3) is 0 Å². The predicted molar refractivity (Wildman–Crippen MR) is 197 cm³/mol. The first-order valence-electron chi connectivity index (χ1n) is 16.8. The predicted octanol–water partition coefficient (Wildman–Crippen LogP) is 5.91. The topological polar surface area (TPSA) is 146 Å². The lowest BCUT2D eigenvalue weighted by Crippen LogP contribution is -2.55. The van der Waals surface area contributed by atoms with Gasteiger partial charge in [0.25, 0.3) is 0 Å². The Kier molecular flexibility index (Phi) is 14.7. The van der Waals surface area contributed by atoms with E-state index in [4.69, 9.17) is 4.74 Å². The van der Waals surface area contributed by atoms with Crippen LogP contribution in [0.4, 0.5) is 9.59 Å². The number of nitrogens with zero attached hydrogens (tertiary/aromatic N) is 3. The summed E-state index contributed by atoms with van der Waals surface area (Å²) >= 11 is 2.95. The summed E-state index contributed by atoms with van der Waals surface area (Å²) in [7, 11) is 1.68. The normalized spacial score (nSPS) is 13.7. The number of carbonyl (C=O) groups excluding carboxylic acids is 3. The van der Waals surface area contributed by atoms with Crippen LogP contribution in [0.5, 0.6) is 0 Å². The van der Waals surface area contributed by atoms with Gasteiger partial charge in [-0.3, -0.25) is 9.78 Å². The molecule has 2 heterocycles. The molecule has 0 aliphatic heterocycles. The van der Waals surface area contributed by atoms with Crippen molar-refractivity contribution in [2.24, 2.45) is 5.92 Å².